The summed E-state index contributed by atoms with van der Waals surface area (Å²) < 4.78 is 7.85. The van der Waals surface area contributed by atoms with Gasteiger partial charge >= 0.3 is 0 Å². The van der Waals surface area contributed by atoms with Crippen molar-refractivity contribution < 1.29 is 4.74 Å². The van der Waals surface area contributed by atoms with Gasteiger partial charge < -0.3 is 10.5 Å². The Morgan fingerprint density at radius 3 is 2.57 bits per heavy atom. The van der Waals surface area contributed by atoms with Crippen LogP contribution in [-0.2, 0) is 18.2 Å². The summed E-state index contributed by atoms with van der Waals surface area (Å²) in [5.74, 6) is 0.585. The van der Waals surface area contributed by atoms with Gasteiger partial charge in [-0.15, -0.1) is 0 Å². The van der Waals surface area contributed by atoms with Gasteiger partial charge in [0.25, 0.3) is 0 Å². The van der Waals surface area contributed by atoms with Gasteiger partial charge in [0.1, 0.15) is 0 Å². The Morgan fingerprint density at radius 1 is 1.38 bits per heavy atom. The number of aromatic nitrogens is 2. The Hall–Kier alpha value is -0.580. The first-order valence-corrected chi connectivity index (χ1v) is 8.47. The van der Waals surface area contributed by atoms with Gasteiger partial charge in [0.2, 0.25) is 0 Å². The zero-order valence-corrected chi connectivity index (χ0v) is 14.2. The van der Waals surface area contributed by atoms with Crippen molar-refractivity contribution in [2.75, 3.05) is 6.61 Å². The molecule has 0 saturated heterocycles. The normalized spacial score (nSPS) is 19.7. The van der Waals surface area contributed by atoms with Gasteiger partial charge in [-0.2, -0.15) is 5.10 Å². The number of rotatable bonds is 6. The zero-order valence-electron chi connectivity index (χ0n) is 13.4. The molecule has 0 bridgehead atoms. The first-order valence-electron chi connectivity index (χ1n) is 8.09. The van der Waals surface area contributed by atoms with E-state index in [1.807, 2.05) is 25.6 Å². The average molecular weight is 314 g/mol. The van der Waals surface area contributed by atoms with Crippen molar-refractivity contribution in [2.24, 2.45) is 18.7 Å². The molecule has 4 nitrogen and oxygen atoms in total. The van der Waals surface area contributed by atoms with Gasteiger partial charge in [0.05, 0.1) is 22.5 Å². The molecule has 21 heavy (non-hydrogen) atoms. The monoisotopic (exact) mass is 313 g/mol. The molecular weight excluding hydrogens is 286 g/mol. The number of aryl methyl sites for hydroxylation is 2. The number of ether oxygens (including phenoxy) is 1. The van der Waals surface area contributed by atoms with Crippen LogP contribution in [0.5, 0.6) is 0 Å². The van der Waals surface area contributed by atoms with Gasteiger partial charge in [0.15, 0.2) is 0 Å². The van der Waals surface area contributed by atoms with Gasteiger partial charge in [-0.05, 0) is 32.6 Å². The van der Waals surface area contributed by atoms with Crippen molar-refractivity contribution in [1.82, 2.24) is 9.78 Å². The first kappa shape index (κ1) is 16.8. The van der Waals surface area contributed by atoms with E-state index in [-0.39, 0.29) is 12.1 Å². The van der Waals surface area contributed by atoms with Crippen LogP contribution in [-0.4, -0.2) is 28.5 Å². The Kier molecular flexibility index (Phi) is 6.08. The molecule has 1 aromatic rings. The zero-order chi connectivity index (χ0) is 15.4. The van der Waals surface area contributed by atoms with E-state index in [1.165, 1.54) is 32.1 Å². The molecule has 2 N–H and O–H groups in total. The van der Waals surface area contributed by atoms with Gasteiger partial charge in [-0.1, -0.05) is 30.9 Å². The van der Waals surface area contributed by atoms with E-state index >= 15 is 0 Å². The molecule has 0 amide bonds. The molecule has 1 aromatic heterocycles. The second-order valence-corrected chi connectivity index (χ2v) is 6.53. The highest BCUT2D eigenvalue weighted by Gasteiger charge is 2.30. The van der Waals surface area contributed by atoms with E-state index in [9.17, 15) is 0 Å². The lowest BCUT2D eigenvalue weighted by atomic mass is 9.81. The van der Waals surface area contributed by atoms with E-state index in [1.54, 1.807) is 0 Å². The third kappa shape index (κ3) is 3.99. The SMILES string of the molecule is CCOC(C(N)Cc1c(Cl)c(C)nn1C)C1CCCCC1. The number of hydrogen-bond donors (Lipinski definition) is 1. The molecule has 0 aromatic carbocycles. The molecule has 1 aliphatic rings. The van der Waals surface area contributed by atoms with Crippen molar-refractivity contribution in [3.8, 4) is 0 Å². The van der Waals surface area contributed by atoms with Gasteiger partial charge in [-0.3, -0.25) is 4.68 Å². The first-order chi connectivity index (χ1) is 10.0. The second kappa shape index (κ2) is 7.61. The van der Waals surface area contributed by atoms with Gasteiger partial charge in [0, 0.05) is 26.1 Å². The number of nitrogens with zero attached hydrogens (tertiary/aromatic N) is 2. The standard InChI is InChI=1S/C16H28ClN3O/c1-4-21-16(12-8-6-5-7-9-12)13(18)10-14-15(17)11(2)19-20(14)3/h12-13,16H,4-10,18H2,1-3H3. The molecule has 1 aliphatic carbocycles. The highest BCUT2D eigenvalue weighted by molar-refractivity contribution is 6.31. The number of nitrogens with two attached hydrogens (primary N) is 1. The molecule has 0 aliphatic heterocycles. The van der Waals surface area contributed by atoms with Gasteiger partial charge in [-0.25, -0.2) is 0 Å². The highest BCUT2D eigenvalue weighted by atomic mass is 35.5. The average Bonchev–Trinajstić information content (AvgIpc) is 2.72. The smallest absolute Gasteiger partial charge is 0.0847 e. The molecule has 0 radical (unpaired) electrons. The molecule has 1 saturated carbocycles. The molecule has 1 fully saturated rings. The summed E-state index contributed by atoms with van der Waals surface area (Å²) in [6.07, 6.45) is 7.25. The third-order valence-electron chi connectivity index (χ3n) is 4.59. The maximum absolute atomic E-state index is 6.49. The number of hydrogen-bond acceptors (Lipinski definition) is 3. The fourth-order valence-corrected chi connectivity index (χ4v) is 3.74. The molecule has 2 unspecified atom stereocenters. The summed E-state index contributed by atoms with van der Waals surface area (Å²) in [4.78, 5) is 0. The van der Waals surface area contributed by atoms with Crippen LogP contribution in [0.25, 0.3) is 0 Å². The Balaban J connectivity index is 2.08. The van der Waals surface area contributed by atoms with Crippen LogP contribution >= 0.6 is 11.6 Å². The van der Waals surface area contributed by atoms with E-state index in [0.29, 0.717) is 12.5 Å². The van der Waals surface area contributed by atoms with Crippen LogP contribution in [0.1, 0.15) is 50.4 Å². The van der Waals surface area contributed by atoms with E-state index in [0.717, 1.165) is 22.8 Å². The summed E-state index contributed by atoms with van der Waals surface area (Å²) >= 11 is 6.35. The molecule has 120 valence electrons. The van der Waals surface area contributed by atoms with Crippen LogP contribution in [0.3, 0.4) is 0 Å². The van der Waals surface area contributed by atoms with Crippen LogP contribution in [0.4, 0.5) is 0 Å². The fourth-order valence-electron chi connectivity index (χ4n) is 3.51. The van der Waals surface area contributed by atoms with Crippen molar-refractivity contribution in [1.29, 1.82) is 0 Å². The summed E-state index contributed by atoms with van der Waals surface area (Å²) in [5, 5.41) is 5.11. The lowest BCUT2D eigenvalue weighted by Crippen LogP contribution is -2.44. The minimum Gasteiger partial charge on any atom is -0.377 e. The predicted octanol–water partition coefficient (Wildman–Crippen LogP) is 3.24. The summed E-state index contributed by atoms with van der Waals surface area (Å²) in [5.41, 5.74) is 8.37. The Bertz CT molecular complexity index is 455. The third-order valence-corrected chi connectivity index (χ3v) is 5.08. The fraction of sp³-hybridized carbons (Fsp3) is 0.812. The van der Waals surface area contributed by atoms with E-state index in [4.69, 9.17) is 22.1 Å². The summed E-state index contributed by atoms with van der Waals surface area (Å²) in [6, 6.07) is -0.0275. The summed E-state index contributed by atoms with van der Waals surface area (Å²) in [6.45, 7) is 4.69. The molecule has 2 atom stereocenters. The highest BCUT2D eigenvalue weighted by Crippen LogP contribution is 2.30. The van der Waals surface area contributed by atoms with Crippen LogP contribution in [0.2, 0.25) is 5.02 Å². The van der Waals surface area contributed by atoms with E-state index < -0.39 is 0 Å². The molecule has 2 rings (SSSR count). The quantitative estimate of drug-likeness (QED) is 0.877. The van der Waals surface area contributed by atoms with Crippen molar-refractivity contribution in [3.63, 3.8) is 0 Å². The van der Waals surface area contributed by atoms with Crippen LogP contribution in [0.15, 0.2) is 0 Å². The summed E-state index contributed by atoms with van der Waals surface area (Å²) in [7, 11) is 1.93. The van der Waals surface area contributed by atoms with Crippen molar-refractivity contribution in [3.05, 3.63) is 16.4 Å². The van der Waals surface area contributed by atoms with Crippen LogP contribution < -0.4 is 5.73 Å². The topological polar surface area (TPSA) is 53.1 Å². The lowest BCUT2D eigenvalue weighted by molar-refractivity contribution is -0.00942. The maximum Gasteiger partial charge on any atom is 0.0847 e. The Labute approximate surface area is 133 Å². The molecular formula is C16H28ClN3O. The lowest BCUT2D eigenvalue weighted by Gasteiger charge is -2.34. The van der Waals surface area contributed by atoms with Crippen molar-refractivity contribution >= 4 is 11.6 Å². The van der Waals surface area contributed by atoms with Crippen LogP contribution in [0, 0.1) is 12.8 Å². The minimum atomic E-state index is -0.0275. The minimum absolute atomic E-state index is 0.0275. The largest absolute Gasteiger partial charge is 0.377 e. The second-order valence-electron chi connectivity index (χ2n) is 6.16. The van der Waals surface area contributed by atoms with Crippen molar-refractivity contribution in [2.45, 2.75) is 64.5 Å². The maximum atomic E-state index is 6.49. The molecule has 0 spiro atoms. The molecule has 5 heteroatoms. The predicted molar refractivity (Wildman–Crippen MR) is 86.6 cm³/mol. The number of halogens is 1. The molecule has 1 heterocycles. The van der Waals surface area contributed by atoms with E-state index in [2.05, 4.69) is 5.10 Å². The Morgan fingerprint density at radius 2 is 2.05 bits per heavy atom.